The fraction of sp³-hybridized carbons (Fsp3) is 0.455. The van der Waals surface area contributed by atoms with Gasteiger partial charge in [0.25, 0.3) is 5.91 Å². The molecule has 2 aromatic rings. The summed E-state index contributed by atoms with van der Waals surface area (Å²) in [5, 5.41) is 2.95. The Morgan fingerprint density at radius 1 is 1.22 bits per heavy atom. The molecule has 5 heteroatoms. The Balaban J connectivity index is 1.38. The smallest absolute Gasteiger partial charge is 0.251 e. The molecule has 27 heavy (non-hydrogen) atoms. The van der Waals surface area contributed by atoms with Crippen LogP contribution in [-0.4, -0.2) is 30.1 Å². The molecule has 2 atom stereocenters. The molecular weight excluding hydrogens is 356 g/mol. The van der Waals surface area contributed by atoms with Gasteiger partial charge < -0.3 is 10.1 Å². The Hall–Kier alpha value is -1.85. The third-order valence-corrected chi connectivity index (χ3v) is 6.08. The Labute approximate surface area is 166 Å². The van der Waals surface area contributed by atoms with Crippen LogP contribution in [0.1, 0.15) is 48.5 Å². The zero-order valence-electron chi connectivity index (χ0n) is 15.9. The van der Waals surface area contributed by atoms with Crippen LogP contribution in [0, 0.1) is 5.92 Å². The standard InChI is InChI=1S/C22H28N2O2S/c1-17-5-2-3-7-21(17)26-14-13-24-22(25)19-8-10-20(11-9-19)27-16-18-6-4-12-23-15-18/h4,6,8-12,15,17,21H,2-3,5,7,13-14,16H2,1H3,(H,24,25)/t17-,21+/m0/s1. The number of nitrogens with zero attached hydrogens (tertiary/aromatic N) is 1. The van der Waals surface area contributed by atoms with Gasteiger partial charge >= 0.3 is 0 Å². The zero-order valence-corrected chi connectivity index (χ0v) is 16.7. The number of hydrogen-bond acceptors (Lipinski definition) is 4. The van der Waals surface area contributed by atoms with Gasteiger partial charge in [0.1, 0.15) is 0 Å². The fourth-order valence-electron chi connectivity index (χ4n) is 3.36. The van der Waals surface area contributed by atoms with Crippen LogP contribution >= 0.6 is 11.8 Å². The van der Waals surface area contributed by atoms with E-state index >= 15 is 0 Å². The number of aromatic nitrogens is 1. The highest BCUT2D eigenvalue weighted by atomic mass is 32.2. The van der Waals surface area contributed by atoms with E-state index < -0.39 is 0 Å². The highest BCUT2D eigenvalue weighted by molar-refractivity contribution is 7.98. The summed E-state index contributed by atoms with van der Waals surface area (Å²) in [5.41, 5.74) is 1.88. The van der Waals surface area contributed by atoms with Gasteiger partial charge in [0.15, 0.2) is 0 Å². The molecule has 0 saturated heterocycles. The lowest BCUT2D eigenvalue weighted by Crippen LogP contribution is -2.31. The molecule has 3 rings (SSSR count). The van der Waals surface area contributed by atoms with Gasteiger partial charge in [-0.3, -0.25) is 9.78 Å². The molecule has 0 unspecified atom stereocenters. The van der Waals surface area contributed by atoms with E-state index in [0.717, 1.165) is 17.1 Å². The van der Waals surface area contributed by atoms with Crippen molar-refractivity contribution >= 4 is 17.7 Å². The number of pyridine rings is 1. The van der Waals surface area contributed by atoms with Crippen LogP contribution in [-0.2, 0) is 10.5 Å². The van der Waals surface area contributed by atoms with Gasteiger partial charge in [0.05, 0.1) is 12.7 Å². The van der Waals surface area contributed by atoms with Gasteiger partial charge in [-0.2, -0.15) is 0 Å². The first kappa shape index (κ1) is 19.9. The van der Waals surface area contributed by atoms with E-state index in [9.17, 15) is 4.79 Å². The topological polar surface area (TPSA) is 51.2 Å². The molecule has 0 spiro atoms. The van der Waals surface area contributed by atoms with Crippen molar-refractivity contribution in [3.63, 3.8) is 0 Å². The predicted octanol–water partition coefficient (Wildman–Crippen LogP) is 4.70. The second-order valence-corrected chi connectivity index (χ2v) is 8.15. The van der Waals surface area contributed by atoms with Crippen LogP contribution in [0.5, 0.6) is 0 Å². The van der Waals surface area contributed by atoms with E-state index in [4.69, 9.17) is 4.74 Å². The molecule has 1 aliphatic rings. The molecule has 0 radical (unpaired) electrons. The summed E-state index contributed by atoms with van der Waals surface area (Å²) in [6, 6.07) is 11.8. The lowest BCUT2D eigenvalue weighted by molar-refractivity contribution is -0.00293. The third kappa shape index (κ3) is 6.36. The van der Waals surface area contributed by atoms with E-state index in [1.54, 1.807) is 18.0 Å². The minimum absolute atomic E-state index is 0.0425. The Kier molecular flexibility index (Phi) is 7.72. The average molecular weight is 385 g/mol. The molecule has 1 fully saturated rings. The summed E-state index contributed by atoms with van der Waals surface area (Å²) in [7, 11) is 0. The van der Waals surface area contributed by atoms with E-state index in [1.807, 2.05) is 36.5 Å². The molecule has 0 aliphatic heterocycles. The Morgan fingerprint density at radius 3 is 2.78 bits per heavy atom. The number of thioether (sulfide) groups is 1. The molecule has 1 amide bonds. The van der Waals surface area contributed by atoms with Gasteiger partial charge in [0.2, 0.25) is 0 Å². The number of rotatable bonds is 8. The highest BCUT2D eigenvalue weighted by Crippen LogP contribution is 2.26. The lowest BCUT2D eigenvalue weighted by atomic mass is 9.88. The molecule has 1 aromatic heterocycles. The first-order chi connectivity index (χ1) is 13.2. The molecule has 1 N–H and O–H groups in total. The number of hydrogen-bond donors (Lipinski definition) is 1. The van der Waals surface area contributed by atoms with Crippen LogP contribution in [0.3, 0.4) is 0 Å². The van der Waals surface area contributed by atoms with Gasteiger partial charge in [-0.15, -0.1) is 11.8 Å². The average Bonchev–Trinajstić information content (AvgIpc) is 2.72. The minimum atomic E-state index is -0.0425. The van der Waals surface area contributed by atoms with E-state index in [2.05, 4.69) is 23.3 Å². The van der Waals surface area contributed by atoms with Gasteiger partial charge in [0, 0.05) is 35.2 Å². The highest BCUT2D eigenvalue weighted by Gasteiger charge is 2.21. The number of ether oxygens (including phenoxy) is 1. The normalized spacial score (nSPS) is 19.6. The lowest BCUT2D eigenvalue weighted by Gasteiger charge is -2.28. The maximum absolute atomic E-state index is 12.3. The van der Waals surface area contributed by atoms with Crippen LogP contribution in [0.15, 0.2) is 53.7 Å². The molecular formula is C22H28N2O2S. The summed E-state index contributed by atoms with van der Waals surface area (Å²) < 4.78 is 5.95. The van der Waals surface area contributed by atoms with Gasteiger partial charge in [-0.25, -0.2) is 0 Å². The fourth-order valence-corrected chi connectivity index (χ4v) is 4.19. The molecule has 1 saturated carbocycles. The Bertz CT molecular complexity index is 706. The summed E-state index contributed by atoms with van der Waals surface area (Å²) in [6.45, 7) is 3.40. The monoisotopic (exact) mass is 384 g/mol. The first-order valence-corrected chi connectivity index (χ1v) is 10.7. The maximum atomic E-state index is 12.3. The van der Waals surface area contributed by atoms with Crippen molar-refractivity contribution in [3.05, 3.63) is 59.9 Å². The van der Waals surface area contributed by atoms with Crippen molar-refractivity contribution in [2.24, 2.45) is 5.92 Å². The Morgan fingerprint density at radius 2 is 2.04 bits per heavy atom. The summed E-state index contributed by atoms with van der Waals surface area (Å²) in [5.74, 6) is 1.46. The molecule has 4 nitrogen and oxygen atoms in total. The number of carbonyl (C=O) groups excluding carboxylic acids is 1. The number of nitrogens with one attached hydrogen (secondary N) is 1. The largest absolute Gasteiger partial charge is 0.376 e. The molecule has 0 bridgehead atoms. The minimum Gasteiger partial charge on any atom is -0.376 e. The number of benzene rings is 1. The van der Waals surface area contributed by atoms with Gasteiger partial charge in [-0.05, 0) is 54.7 Å². The molecule has 1 aromatic carbocycles. The quantitative estimate of drug-likeness (QED) is 0.529. The molecule has 144 valence electrons. The van der Waals surface area contributed by atoms with Crippen LogP contribution in [0.4, 0.5) is 0 Å². The van der Waals surface area contributed by atoms with E-state index in [1.165, 1.54) is 24.8 Å². The molecule has 1 aliphatic carbocycles. The van der Waals surface area contributed by atoms with Crippen molar-refractivity contribution in [1.29, 1.82) is 0 Å². The van der Waals surface area contributed by atoms with Gasteiger partial charge in [-0.1, -0.05) is 25.8 Å². The van der Waals surface area contributed by atoms with Crippen molar-refractivity contribution in [1.82, 2.24) is 10.3 Å². The zero-order chi connectivity index (χ0) is 18.9. The van der Waals surface area contributed by atoms with Crippen LogP contribution in [0.25, 0.3) is 0 Å². The number of amides is 1. The van der Waals surface area contributed by atoms with E-state index in [0.29, 0.717) is 30.7 Å². The first-order valence-electron chi connectivity index (χ1n) is 9.74. The second-order valence-electron chi connectivity index (χ2n) is 7.10. The number of carbonyl (C=O) groups is 1. The van der Waals surface area contributed by atoms with Crippen LogP contribution in [0.2, 0.25) is 0 Å². The van der Waals surface area contributed by atoms with Crippen molar-refractivity contribution in [2.45, 2.75) is 49.4 Å². The third-order valence-electron chi connectivity index (χ3n) is 5.00. The van der Waals surface area contributed by atoms with Crippen molar-refractivity contribution in [2.75, 3.05) is 13.2 Å². The predicted molar refractivity (Wildman–Crippen MR) is 110 cm³/mol. The SMILES string of the molecule is C[C@H]1CCCC[C@H]1OCCNC(=O)c1ccc(SCc2cccnc2)cc1. The van der Waals surface area contributed by atoms with Crippen LogP contribution < -0.4 is 5.32 Å². The van der Waals surface area contributed by atoms with Crippen molar-refractivity contribution in [3.8, 4) is 0 Å². The summed E-state index contributed by atoms with van der Waals surface area (Å²) in [4.78, 5) is 17.5. The summed E-state index contributed by atoms with van der Waals surface area (Å²) in [6.07, 6.45) is 8.98. The van der Waals surface area contributed by atoms with Crippen molar-refractivity contribution < 1.29 is 9.53 Å². The second kappa shape index (κ2) is 10.5. The van der Waals surface area contributed by atoms with E-state index in [-0.39, 0.29) is 5.91 Å². The maximum Gasteiger partial charge on any atom is 0.251 e. The molecule has 1 heterocycles. The summed E-state index contributed by atoms with van der Waals surface area (Å²) >= 11 is 1.74.